The number of carbonyl (C=O) groups excluding carboxylic acids is 6. The van der Waals surface area contributed by atoms with Gasteiger partial charge in [0.2, 0.25) is 23.6 Å². The molecule has 23 nitrogen and oxygen atoms in total. The second-order valence-corrected chi connectivity index (χ2v) is 24.9. The van der Waals surface area contributed by atoms with Gasteiger partial charge in [-0.05, 0) is 107 Å². The molecule has 0 unspecified atom stereocenters. The molecule has 23 heteroatoms. The SMILES string of the molecule is CC[C@H](C)[C@@H]([C@@H](CC(=O)N1C[C@H](O/N=C/c2ccc(C(=O)NCCOCCOCCOCCN(C)CC3CCN(C)CC3)cc2)C[C@H]1[C@H](OC)[C@@H](C)C(=O)N[C@H](/C=C/C(=O)NO)Cc1ccccc1)OC)N(C)C(=O)[C@@H](NC(=O)[C@H](C(C)C)N(C)C)C(C)C. The van der Waals surface area contributed by atoms with Gasteiger partial charge in [0.1, 0.15) is 12.1 Å². The molecule has 2 aromatic rings. The molecule has 4 rings (SSSR count). The van der Waals surface area contributed by atoms with E-state index in [1.807, 2.05) is 90.9 Å². The smallest absolute Gasteiger partial charge is 0.267 e. The van der Waals surface area contributed by atoms with Crippen molar-refractivity contribution in [1.29, 1.82) is 0 Å². The molecular weight excluding hydrogens is 1140 g/mol. The highest BCUT2D eigenvalue weighted by atomic mass is 16.6. The summed E-state index contributed by atoms with van der Waals surface area (Å²) in [5, 5.41) is 22.5. The van der Waals surface area contributed by atoms with Crippen LogP contribution in [0.15, 0.2) is 71.9 Å². The summed E-state index contributed by atoms with van der Waals surface area (Å²) >= 11 is 0. The van der Waals surface area contributed by atoms with E-state index in [1.54, 1.807) is 53.5 Å². The van der Waals surface area contributed by atoms with Crippen molar-refractivity contribution in [3.8, 4) is 0 Å². The number of nitrogens with zero attached hydrogens (tertiary/aromatic N) is 6. The molecule has 0 saturated carbocycles. The van der Waals surface area contributed by atoms with Crippen molar-refractivity contribution in [2.45, 2.75) is 136 Å². The maximum Gasteiger partial charge on any atom is 0.267 e. The monoisotopic (exact) mass is 1250 g/mol. The standard InChI is InChI=1S/C66H108N10O13/c1-15-47(6)61(75(12)66(82)59(45(2)3)70-65(81)60(46(4)5)72(8)9)56(84-13)41-58(78)76-44-54(40-55(76)62(85-14)48(7)63(79)69-53(25-26-57(77)71-83)39-49-19-17-16-18-20-49)89-68-42-50-21-23-52(24-22-50)64(80)67-29-33-86-35-37-88-38-36-87-34-32-74(11)43-51-27-30-73(10)31-28-51/h16-26,42,45-48,51,53-56,59-62,83H,15,27-41,43-44H2,1-14H3,(H,67,80)(H,69,79)(H,70,81)(H,71,77)/b26-25+,68-42+/t47-,48+,53+,54+,55-,56+,59-,60-,61-,62+/m0/s1. The van der Waals surface area contributed by atoms with Gasteiger partial charge in [-0.1, -0.05) is 109 Å². The zero-order valence-corrected chi connectivity index (χ0v) is 55.7. The van der Waals surface area contributed by atoms with Crippen LogP contribution in [0.5, 0.6) is 0 Å². The lowest BCUT2D eigenvalue weighted by Crippen LogP contribution is -2.59. The third-order valence-corrected chi connectivity index (χ3v) is 17.1. The van der Waals surface area contributed by atoms with Crippen LogP contribution in [0.2, 0.25) is 0 Å². The summed E-state index contributed by atoms with van der Waals surface area (Å²) in [6.45, 7) is 20.9. The van der Waals surface area contributed by atoms with Crippen LogP contribution in [0.4, 0.5) is 0 Å². The van der Waals surface area contributed by atoms with E-state index in [2.05, 4.69) is 45.0 Å². The average molecular weight is 1250 g/mol. The van der Waals surface area contributed by atoms with E-state index in [1.165, 1.54) is 52.4 Å². The number of hydrogen-bond donors (Lipinski definition) is 5. The summed E-state index contributed by atoms with van der Waals surface area (Å²) in [7, 11) is 12.7. The molecule has 2 aromatic carbocycles. The Hall–Kier alpha value is -5.89. The van der Waals surface area contributed by atoms with Crippen LogP contribution in [-0.2, 0) is 58.9 Å². The van der Waals surface area contributed by atoms with Crippen LogP contribution in [-0.4, -0.2) is 248 Å². The summed E-state index contributed by atoms with van der Waals surface area (Å²) in [5.41, 5.74) is 3.57. The summed E-state index contributed by atoms with van der Waals surface area (Å²) < 4.78 is 29.4. The fourth-order valence-electron chi connectivity index (χ4n) is 11.8. The van der Waals surface area contributed by atoms with Gasteiger partial charge in [0.25, 0.3) is 11.8 Å². The summed E-state index contributed by atoms with van der Waals surface area (Å²) in [4.78, 5) is 98.8. The molecule has 89 heavy (non-hydrogen) atoms. The van der Waals surface area contributed by atoms with Gasteiger partial charge >= 0.3 is 0 Å². The number of methoxy groups -OCH3 is 2. The number of piperidine rings is 1. The van der Waals surface area contributed by atoms with Crippen molar-refractivity contribution in [3.05, 3.63) is 83.4 Å². The van der Waals surface area contributed by atoms with Crippen molar-refractivity contribution in [1.82, 2.24) is 45.9 Å². The molecule has 0 radical (unpaired) electrons. The van der Waals surface area contributed by atoms with Crippen molar-refractivity contribution in [3.63, 3.8) is 0 Å². The normalized spacial score (nSPS) is 18.7. The minimum atomic E-state index is -0.877. The van der Waals surface area contributed by atoms with E-state index in [-0.39, 0.29) is 60.8 Å². The van der Waals surface area contributed by atoms with Gasteiger partial charge in [0.05, 0.1) is 101 Å². The predicted octanol–water partition coefficient (Wildman–Crippen LogP) is 4.51. The summed E-state index contributed by atoms with van der Waals surface area (Å²) in [5.74, 6) is -2.87. The van der Waals surface area contributed by atoms with E-state index < -0.39 is 66.3 Å². The lowest BCUT2D eigenvalue weighted by Gasteiger charge is -2.41. The van der Waals surface area contributed by atoms with Gasteiger partial charge in [-0.25, -0.2) is 5.48 Å². The van der Waals surface area contributed by atoms with Crippen LogP contribution >= 0.6 is 0 Å². The first-order valence-corrected chi connectivity index (χ1v) is 31.8. The van der Waals surface area contributed by atoms with Gasteiger partial charge in [0, 0.05) is 59.0 Å². The number of hydroxylamine groups is 1. The Morgan fingerprint density at radius 1 is 0.798 bits per heavy atom. The molecule has 0 aromatic heterocycles. The Labute approximate surface area is 530 Å². The topological polar surface area (TPSA) is 255 Å². The minimum absolute atomic E-state index is 0.0171. The molecule has 2 heterocycles. The van der Waals surface area contributed by atoms with Gasteiger partial charge in [-0.2, -0.15) is 0 Å². The molecule has 2 saturated heterocycles. The largest absolute Gasteiger partial charge is 0.391 e. The zero-order chi connectivity index (χ0) is 65.6. The molecule has 2 aliphatic rings. The fraction of sp³-hybridized carbons (Fsp3) is 0.682. The van der Waals surface area contributed by atoms with Crippen molar-refractivity contribution in [2.75, 3.05) is 128 Å². The summed E-state index contributed by atoms with van der Waals surface area (Å²) in [6.07, 6.45) is 5.35. The number of carbonyl (C=O) groups is 6. The number of nitrogens with one attached hydrogen (secondary N) is 4. The second-order valence-electron chi connectivity index (χ2n) is 24.9. The maximum atomic E-state index is 15.1. The molecule has 6 amide bonds. The number of rotatable bonds is 40. The fourth-order valence-corrected chi connectivity index (χ4v) is 11.8. The number of hydrogen-bond acceptors (Lipinski definition) is 17. The van der Waals surface area contributed by atoms with Gasteiger partial charge in [-0.15, -0.1) is 0 Å². The molecule has 10 atom stereocenters. The molecule has 0 aliphatic carbocycles. The van der Waals surface area contributed by atoms with E-state index in [0.717, 1.165) is 30.6 Å². The molecule has 0 spiro atoms. The first-order chi connectivity index (χ1) is 42.5. The van der Waals surface area contributed by atoms with Gasteiger partial charge in [-0.3, -0.25) is 38.9 Å². The first kappa shape index (κ1) is 75.6. The van der Waals surface area contributed by atoms with Crippen molar-refractivity contribution >= 4 is 41.7 Å². The predicted molar refractivity (Wildman–Crippen MR) is 343 cm³/mol. The molecule has 0 bridgehead atoms. The molecule has 2 aliphatic heterocycles. The third-order valence-electron chi connectivity index (χ3n) is 17.1. The Morgan fingerprint density at radius 3 is 2.02 bits per heavy atom. The average Bonchev–Trinajstić information content (AvgIpc) is 4.01. The number of likely N-dealkylation sites (N-methyl/N-ethyl adjacent to an activating group) is 3. The third kappa shape index (κ3) is 25.4. The number of likely N-dealkylation sites (tertiary alicyclic amines) is 2. The van der Waals surface area contributed by atoms with Crippen LogP contribution in [0, 0.1) is 29.6 Å². The molecule has 5 N–H and O–H groups in total. The second kappa shape index (κ2) is 40.1. The van der Waals surface area contributed by atoms with Gasteiger partial charge < -0.3 is 64.1 Å². The highest BCUT2D eigenvalue weighted by Crippen LogP contribution is 2.32. The van der Waals surface area contributed by atoms with Crippen LogP contribution in [0.3, 0.4) is 0 Å². The quantitative estimate of drug-likeness (QED) is 0.0202. The van der Waals surface area contributed by atoms with Crippen LogP contribution in [0.25, 0.3) is 0 Å². The lowest BCUT2D eigenvalue weighted by molar-refractivity contribution is -0.148. The van der Waals surface area contributed by atoms with E-state index in [4.69, 9.17) is 28.5 Å². The van der Waals surface area contributed by atoms with Crippen molar-refractivity contribution < 1.29 is 62.5 Å². The minimum Gasteiger partial charge on any atom is -0.391 e. The van der Waals surface area contributed by atoms with Crippen molar-refractivity contribution in [2.24, 2.45) is 34.7 Å². The molecular formula is C66H108N10O13. The molecule has 500 valence electrons. The van der Waals surface area contributed by atoms with E-state index in [9.17, 15) is 29.2 Å². The number of amides is 6. The first-order valence-electron chi connectivity index (χ1n) is 31.8. The van der Waals surface area contributed by atoms with Crippen LogP contribution < -0.4 is 21.4 Å². The zero-order valence-electron chi connectivity index (χ0n) is 55.7. The highest BCUT2D eigenvalue weighted by molar-refractivity contribution is 5.95. The Bertz CT molecular complexity index is 2470. The van der Waals surface area contributed by atoms with E-state index >= 15 is 4.79 Å². The number of benzene rings is 2. The number of ether oxygens (including phenoxy) is 5. The highest BCUT2D eigenvalue weighted by Gasteiger charge is 2.47. The van der Waals surface area contributed by atoms with E-state index in [0.29, 0.717) is 70.2 Å². The number of oxime groups is 1. The van der Waals surface area contributed by atoms with Gasteiger partial charge in [0.15, 0.2) is 0 Å². The summed E-state index contributed by atoms with van der Waals surface area (Å²) in [6, 6.07) is 12.9. The maximum absolute atomic E-state index is 15.1. The Balaban J connectivity index is 1.42. The lowest BCUT2D eigenvalue weighted by atomic mass is 9.89. The Kier molecular flexibility index (Phi) is 34.0. The Morgan fingerprint density at radius 2 is 1.44 bits per heavy atom. The van der Waals surface area contributed by atoms with Crippen LogP contribution in [0.1, 0.15) is 102 Å². The molecule has 2 fully saturated rings.